The van der Waals surface area contributed by atoms with Gasteiger partial charge in [0.1, 0.15) is 0 Å². The molecule has 0 saturated carbocycles. The van der Waals surface area contributed by atoms with Crippen molar-refractivity contribution in [3.63, 3.8) is 0 Å². The minimum Gasteiger partial charge on any atom is -0.0651 e. The van der Waals surface area contributed by atoms with Gasteiger partial charge in [0.25, 0.3) is 0 Å². The third-order valence-electron chi connectivity index (χ3n) is 5.18. The largest absolute Gasteiger partial charge is 0.0651 e. The van der Waals surface area contributed by atoms with Crippen LogP contribution in [0.25, 0.3) is 0 Å². The van der Waals surface area contributed by atoms with Crippen LogP contribution in [0.1, 0.15) is 74.7 Å². The van der Waals surface area contributed by atoms with Crippen molar-refractivity contribution >= 4 is 0 Å². The van der Waals surface area contributed by atoms with Gasteiger partial charge >= 0.3 is 0 Å². The summed E-state index contributed by atoms with van der Waals surface area (Å²) in [6.07, 6.45) is 3.92. The molecule has 0 amide bonds. The van der Waals surface area contributed by atoms with E-state index in [1.54, 1.807) is 0 Å². The zero-order valence-electron chi connectivity index (χ0n) is 12.9. The topological polar surface area (TPSA) is 0 Å². The fourth-order valence-corrected chi connectivity index (χ4v) is 3.22. The third kappa shape index (κ3) is 3.79. The van der Waals surface area contributed by atoms with E-state index in [0.29, 0.717) is 5.41 Å². The smallest absolute Gasteiger partial charge is 0.0309 e. The van der Waals surface area contributed by atoms with Crippen molar-refractivity contribution in [1.82, 2.24) is 0 Å². The Bertz CT molecular complexity index is 180. The average molecular weight is 226 g/mol. The maximum absolute atomic E-state index is 2.47. The van der Waals surface area contributed by atoms with Crippen molar-refractivity contribution < 1.29 is 0 Å². The van der Waals surface area contributed by atoms with Gasteiger partial charge in [-0.25, -0.2) is 0 Å². The summed E-state index contributed by atoms with van der Waals surface area (Å²) < 4.78 is 0. The highest BCUT2D eigenvalue weighted by Crippen LogP contribution is 2.44. The molecule has 0 radical (unpaired) electrons. The van der Waals surface area contributed by atoms with Gasteiger partial charge in [-0.2, -0.15) is 0 Å². The van der Waals surface area contributed by atoms with Crippen LogP contribution >= 0.6 is 0 Å². The maximum Gasteiger partial charge on any atom is -0.0309 e. The molecule has 0 nitrogen and oxygen atoms in total. The van der Waals surface area contributed by atoms with Gasteiger partial charge in [0, 0.05) is 0 Å². The Morgan fingerprint density at radius 1 is 0.812 bits per heavy atom. The maximum atomic E-state index is 2.47. The normalized spacial score (nSPS) is 20.2. The third-order valence-corrected chi connectivity index (χ3v) is 5.18. The van der Waals surface area contributed by atoms with Crippen molar-refractivity contribution in [3.8, 4) is 0 Å². The zero-order chi connectivity index (χ0) is 12.9. The molecule has 4 atom stereocenters. The molecule has 0 saturated heterocycles. The second kappa shape index (κ2) is 6.67. The Hall–Kier alpha value is 0. The van der Waals surface area contributed by atoms with Gasteiger partial charge in [0.05, 0.1) is 0 Å². The van der Waals surface area contributed by atoms with Crippen LogP contribution in [0, 0.1) is 29.1 Å². The molecule has 0 heterocycles. The summed E-state index contributed by atoms with van der Waals surface area (Å²) >= 11 is 0. The van der Waals surface area contributed by atoms with Crippen molar-refractivity contribution in [2.75, 3.05) is 0 Å². The van der Waals surface area contributed by atoms with Crippen LogP contribution in [-0.2, 0) is 0 Å². The van der Waals surface area contributed by atoms with E-state index in [2.05, 4.69) is 55.4 Å². The quantitative estimate of drug-likeness (QED) is 0.517. The van der Waals surface area contributed by atoms with Crippen LogP contribution in [0.5, 0.6) is 0 Å². The molecule has 0 bridgehead atoms. The number of rotatable bonds is 7. The fraction of sp³-hybridized carbons (Fsp3) is 1.00. The van der Waals surface area contributed by atoms with Crippen LogP contribution in [0.15, 0.2) is 0 Å². The lowest BCUT2D eigenvalue weighted by Gasteiger charge is -2.43. The SMILES string of the molecule is CCC(C)C(C)C(C(C)CC)C(C)(C)CC. The first-order chi connectivity index (χ1) is 7.31. The highest BCUT2D eigenvalue weighted by molar-refractivity contribution is 4.85. The average Bonchev–Trinajstić information content (AvgIpc) is 2.27. The summed E-state index contributed by atoms with van der Waals surface area (Å²) in [7, 11) is 0. The van der Waals surface area contributed by atoms with Crippen molar-refractivity contribution in [2.45, 2.75) is 74.7 Å². The summed E-state index contributed by atoms with van der Waals surface area (Å²) in [6, 6.07) is 0. The van der Waals surface area contributed by atoms with Gasteiger partial charge in [-0.05, 0) is 29.1 Å². The molecular weight excluding hydrogens is 192 g/mol. The molecule has 0 rings (SSSR count). The van der Waals surface area contributed by atoms with E-state index < -0.39 is 0 Å². The first kappa shape index (κ1) is 16.0. The van der Waals surface area contributed by atoms with E-state index in [-0.39, 0.29) is 0 Å². The Morgan fingerprint density at radius 2 is 1.25 bits per heavy atom. The molecule has 0 N–H and O–H groups in total. The highest BCUT2D eigenvalue weighted by Gasteiger charge is 2.36. The predicted molar refractivity (Wildman–Crippen MR) is 75.6 cm³/mol. The minimum absolute atomic E-state index is 0.484. The molecule has 0 fully saturated rings. The van der Waals surface area contributed by atoms with Gasteiger partial charge in [-0.1, -0.05) is 74.7 Å². The van der Waals surface area contributed by atoms with Crippen LogP contribution in [0.3, 0.4) is 0 Å². The zero-order valence-corrected chi connectivity index (χ0v) is 12.9. The van der Waals surface area contributed by atoms with Gasteiger partial charge in [-0.3, -0.25) is 0 Å². The van der Waals surface area contributed by atoms with E-state index in [9.17, 15) is 0 Å². The molecule has 0 aliphatic heterocycles. The van der Waals surface area contributed by atoms with Gasteiger partial charge in [0.15, 0.2) is 0 Å². The summed E-state index contributed by atoms with van der Waals surface area (Å²) in [5.74, 6) is 3.40. The highest BCUT2D eigenvalue weighted by atomic mass is 14.4. The minimum atomic E-state index is 0.484. The van der Waals surface area contributed by atoms with Crippen LogP contribution < -0.4 is 0 Å². The van der Waals surface area contributed by atoms with E-state index >= 15 is 0 Å². The van der Waals surface area contributed by atoms with Crippen molar-refractivity contribution in [3.05, 3.63) is 0 Å². The second-order valence-electron chi connectivity index (χ2n) is 6.50. The van der Waals surface area contributed by atoms with E-state index in [1.807, 2.05) is 0 Å². The molecule has 16 heavy (non-hydrogen) atoms. The van der Waals surface area contributed by atoms with E-state index in [4.69, 9.17) is 0 Å². The predicted octanol–water partition coefficient (Wildman–Crippen LogP) is 5.77. The van der Waals surface area contributed by atoms with Gasteiger partial charge < -0.3 is 0 Å². The lowest BCUT2D eigenvalue weighted by atomic mass is 9.62. The lowest BCUT2D eigenvalue weighted by Crippen LogP contribution is -2.36. The molecule has 0 aromatic heterocycles. The summed E-state index contributed by atoms with van der Waals surface area (Å²) in [6.45, 7) is 19.3. The Morgan fingerprint density at radius 3 is 1.56 bits per heavy atom. The van der Waals surface area contributed by atoms with E-state index in [1.165, 1.54) is 19.3 Å². The molecule has 0 spiro atoms. The van der Waals surface area contributed by atoms with E-state index in [0.717, 1.165) is 23.7 Å². The number of hydrogen-bond donors (Lipinski definition) is 0. The monoisotopic (exact) mass is 226 g/mol. The lowest BCUT2D eigenvalue weighted by molar-refractivity contribution is 0.0552. The van der Waals surface area contributed by atoms with Crippen LogP contribution in [-0.4, -0.2) is 0 Å². The molecule has 0 aliphatic carbocycles. The van der Waals surface area contributed by atoms with Crippen molar-refractivity contribution in [2.24, 2.45) is 29.1 Å². The summed E-state index contributed by atoms with van der Waals surface area (Å²) in [5, 5.41) is 0. The van der Waals surface area contributed by atoms with Crippen molar-refractivity contribution in [1.29, 1.82) is 0 Å². The number of hydrogen-bond acceptors (Lipinski definition) is 0. The van der Waals surface area contributed by atoms with Crippen LogP contribution in [0.4, 0.5) is 0 Å². The standard InChI is InChI=1S/C16H34/c1-9-12(4)14(6)15(13(5)10-2)16(7,8)11-3/h12-15H,9-11H2,1-8H3. The Balaban J connectivity index is 4.94. The molecule has 0 aromatic carbocycles. The molecule has 4 unspecified atom stereocenters. The Kier molecular flexibility index (Phi) is 6.67. The molecule has 0 heteroatoms. The fourth-order valence-electron chi connectivity index (χ4n) is 3.22. The molecule has 98 valence electrons. The van der Waals surface area contributed by atoms with Gasteiger partial charge in [-0.15, -0.1) is 0 Å². The molecular formula is C16H34. The second-order valence-corrected chi connectivity index (χ2v) is 6.50. The first-order valence-electron chi connectivity index (χ1n) is 7.31. The summed E-state index contributed by atoms with van der Waals surface area (Å²) in [5.41, 5.74) is 0.484. The first-order valence-corrected chi connectivity index (χ1v) is 7.31. The molecule has 0 aliphatic rings. The Labute approximate surface area is 104 Å². The van der Waals surface area contributed by atoms with Crippen LogP contribution in [0.2, 0.25) is 0 Å². The van der Waals surface area contributed by atoms with Gasteiger partial charge in [0.2, 0.25) is 0 Å². The summed E-state index contributed by atoms with van der Waals surface area (Å²) in [4.78, 5) is 0. The molecule has 0 aromatic rings.